The van der Waals surface area contributed by atoms with Gasteiger partial charge in [0.05, 0.1) is 11.2 Å². The van der Waals surface area contributed by atoms with Crippen LogP contribution in [0.4, 0.5) is 0 Å². The van der Waals surface area contributed by atoms with E-state index in [1.165, 1.54) is 0 Å². The maximum absolute atomic E-state index is 10.1. The highest BCUT2D eigenvalue weighted by Crippen LogP contribution is 1.96. The van der Waals surface area contributed by atoms with Gasteiger partial charge in [-0.1, -0.05) is 0 Å². The molecule has 1 radical (unpaired) electrons. The van der Waals surface area contributed by atoms with Gasteiger partial charge in [-0.05, 0) is 8.49 Å². The third-order valence-electron chi connectivity index (χ3n) is 0.488. The van der Waals surface area contributed by atoms with Gasteiger partial charge in [0.2, 0.25) is 5.75 Å². The van der Waals surface area contributed by atoms with Gasteiger partial charge in [0.15, 0.2) is 0 Å². The summed E-state index contributed by atoms with van der Waals surface area (Å²) < 4.78 is 23.7. The molecule has 1 unspecified atom stereocenters. The zero-order valence-electron chi connectivity index (χ0n) is 4.07. The number of hydrogen-bond acceptors (Lipinski definition) is 4. The average molecular weight is 141 g/mol. The molecule has 8 heavy (non-hydrogen) atoms. The van der Waals surface area contributed by atoms with Crippen LogP contribution in [0.15, 0.2) is 0 Å². The number of aliphatic hydroxyl groups excluding tert-OH is 1. The molecule has 0 rings (SSSR count). The van der Waals surface area contributed by atoms with E-state index in [2.05, 4.69) is 10.2 Å². The normalized spacial score (nSPS) is 17.9. The minimum Gasteiger partial charge on any atom is -0.391 e. The van der Waals surface area contributed by atoms with Crippen LogP contribution in [0.3, 0.4) is 0 Å². The Kier molecular flexibility index (Phi) is 3.10. The lowest BCUT2D eigenvalue weighted by Crippen LogP contribution is -2.22. The predicted octanol–water partition coefficient (Wildman–Crippen LogP) is -1.37. The van der Waals surface area contributed by atoms with Crippen LogP contribution < -0.4 is 5.90 Å². The Morgan fingerprint density at radius 3 is 2.38 bits per heavy atom. The smallest absolute Gasteiger partial charge is 0.391 e. The molecule has 0 aliphatic heterocycles. The van der Waals surface area contributed by atoms with Crippen molar-refractivity contribution in [2.45, 2.75) is 0 Å². The second kappa shape index (κ2) is 3.10. The summed E-state index contributed by atoms with van der Waals surface area (Å²) in [5, 5.41) is 8.02. The fourth-order valence-electron chi connectivity index (χ4n) is 0.160. The summed E-state index contributed by atoms with van der Waals surface area (Å²) in [6.07, 6.45) is 0. The second-order valence-corrected chi connectivity index (χ2v) is 2.80. The average Bonchev–Trinajstić information content (AvgIpc) is 1.67. The predicted molar refractivity (Wildman–Crippen MR) is 26.0 cm³/mol. The maximum Gasteiger partial charge on any atom is 0.415 e. The van der Waals surface area contributed by atoms with Crippen LogP contribution in [-0.2, 0) is 23.5 Å². The summed E-state index contributed by atoms with van der Waals surface area (Å²) in [6, 6.07) is 0. The lowest BCUT2D eigenvalue weighted by atomic mass is 10.9. The summed E-state index contributed by atoms with van der Waals surface area (Å²) >= 11 is 0. The van der Waals surface area contributed by atoms with E-state index in [9.17, 15) is 8.76 Å². The van der Waals surface area contributed by atoms with Crippen molar-refractivity contribution in [1.82, 2.24) is 0 Å². The molecule has 3 N–H and O–H groups in total. The number of hydrogen-bond donors (Lipinski definition) is 2. The van der Waals surface area contributed by atoms with E-state index in [-0.39, 0.29) is 0 Å². The molecule has 0 bridgehead atoms. The van der Waals surface area contributed by atoms with Gasteiger partial charge in [0, 0.05) is 0 Å². The number of aliphatic hydroxyl groups is 1. The van der Waals surface area contributed by atoms with Crippen LogP contribution in [0.2, 0.25) is 0 Å². The number of rotatable bonds is 3. The molecule has 0 spiro atoms. The zero-order valence-corrected chi connectivity index (χ0v) is 4.89. The molecular formula is C2H7NO4S+. The molecule has 0 aromatic carbocycles. The first-order chi connectivity index (χ1) is 3.62. The molecule has 0 fully saturated rings. The Hall–Kier alpha value is -0.0100. The molecule has 1 atom stereocenters. The van der Waals surface area contributed by atoms with Crippen molar-refractivity contribution in [3.63, 3.8) is 0 Å². The largest absolute Gasteiger partial charge is 0.415 e. The summed E-state index contributed by atoms with van der Waals surface area (Å²) in [4.78, 5) is 0. The van der Waals surface area contributed by atoms with Gasteiger partial charge in [-0.3, -0.25) is 0 Å². The lowest BCUT2D eigenvalue weighted by molar-refractivity contribution is 0.247. The molecule has 0 aliphatic rings. The molecule has 49 valence electrons. The van der Waals surface area contributed by atoms with Crippen LogP contribution in [0, 0.1) is 0 Å². The van der Waals surface area contributed by atoms with Crippen molar-refractivity contribution in [1.29, 1.82) is 0 Å². The van der Waals surface area contributed by atoms with Gasteiger partial charge >= 0.3 is 10.5 Å². The topological polar surface area (TPSA) is 92.5 Å². The van der Waals surface area contributed by atoms with E-state index in [1.807, 2.05) is 0 Å². The quantitative estimate of drug-likeness (QED) is 0.374. The Labute approximate surface area is 47.9 Å². The van der Waals surface area contributed by atoms with E-state index in [4.69, 9.17) is 5.11 Å². The van der Waals surface area contributed by atoms with Gasteiger partial charge < -0.3 is 5.11 Å². The molecule has 5 nitrogen and oxygen atoms in total. The van der Waals surface area contributed by atoms with Crippen LogP contribution in [0.5, 0.6) is 0 Å². The van der Waals surface area contributed by atoms with Gasteiger partial charge in [-0.2, -0.15) is 5.90 Å². The maximum atomic E-state index is 10.1. The highest BCUT2D eigenvalue weighted by Gasteiger charge is 2.28. The van der Waals surface area contributed by atoms with E-state index >= 15 is 0 Å². The van der Waals surface area contributed by atoms with Gasteiger partial charge in [0.25, 0.3) is 0 Å². The van der Waals surface area contributed by atoms with Crippen molar-refractivity contribution >= 4 is 10.5 Å². The molecule has 0 aromatic heterocycles. The van der Waals surface area contributed by atoms with E-state index < -0.39 is 22.9 Å². The van der Waals surface area contributed by atoms with Crippen LogP contribution >= 0.6 is 0 Å². The minimum atomic E-state index is -3.64. The molecule has 0 heterocycles. The minimum absolute atomic E-state index is 0.455. The van der Waals surface area contributed by atoms with Gasteiger partial charge in [-0.15, -0.1) is 0 Å². The summed E-state index contributed by atoms with van der Waals surface area (Å²) in [7, 11) is -3.64. The molecule has 0 aliphatic carbocycles. The standard InChI is InChI=1S/C2H7NO4S/c3-7-8(5,6)2-1-4/h4H,1-3H2/q+1. The SMILES string of the molecule is NO[S+]([O])(=O)CCO. The monoisotopic (exact) mass is 141 g/mol. The third kappa shape index (κ3) is 3.05. The summed E-state index contributed by atoms with van der Waals surface area (Å²) in [5.74, 6) is 3.84. The summed E-state index contributed by atoms with van der Waals surface area (Å²) in [6.45, 7) is -0.473. The zero-order chi connectivity index (χ0) is 6.62. The van der Waals surface area contributed by atoms with Crippen molar-refractivity contribution in [3.05, 3.63) is 0 Å². The Balaban J connectivity index is 3.55. The Morgan fingerprint density at radius 2 is 2.25 bits per heavy atom. The first-order valence-corrected chi connectivity index (χ1v) is 3.42. The van der Waals surface area contributed by atoms with Gasteiger partial charge in [-0.25, -0.2) is 0 Å². The highest BCUT2D eigenvalue weighted by molar-refractivity contribution is 7.92. The van der Waals surface area contributed by atoms with E-state index in [0.29, 0.717) is 0 Å². The number of nitrogens with two attached hydrogens (primary N) is 1. The third-order valence-corrected chi connectivity index (χ3v) is 1.46. The summed E-state index contributed by atoms with van der Waals surface area (Å²) in [5.41, 5.74) is 0. The Morgan fingerprint density at radius 1 is 1.75 bits per heavy atom. The Bertz CT molecular complexity index is 104. The lowest BCUT2D eigenvalue weighted by Gasteiger charge is -1.89. The fourth-order valence-corrected chi connectivity index (χ4v) is 0.480. The van der Waals surface area contributed by atoms with E-state index in [0.717, 1.165) is 0 Å². The van der Waals surface area contributed by atoms with Gasteiger partial charge in [0.1, 0.15) is 0 Å². The molecule has 6 heteroatoms. The van der Waals surface area contributed by atoms with Crippen molar-refractivity contribution in [2.75, 3.05) is 12.4 Å². The molecule has 0 saturated carbocycles. The highest BCUT2D eigenvalue weighted by atomic mass is 32.3. The molecular weight excluding hydrogens is 134 g/mol. The van der Waals surface area contributed by atoms with Crippen molar-refractivity contribution in [2.24, 2.45) is 5.90 Å². The first-order valence-electron chi connectivity index (χ1n) is 1.84. The first kappa shape index (κ1) is 7.99. The fraction of sp³-hybridized carbons (Fsp3) is 1.00. The van der Waals surface area contributed by atoms with E-state index in [1.54, 1.807) is 0 Å². The molecule has 0 amide bonds. The molecule has 0 aromatic rings. The second-order valence-electron chi connectivity index (χ2n) is 1.08. The van der Waals surface area contributed by atoms with Crippen LogP contribution in [-0.4, -0.2) is 17.5 Å². The van der Waals surface area contributed by atoms with Crippen LogP contribution in [0.1, 0.15) is 0 Å². The molecule has 0 saturated heterocycles. The van der Waals surface area contributed by atoms with Crippen molar-refractivity contribution < 1.29 is 18.2 Å². The van der Waals surface area contributed by atoms with Crippen molar-refractivity contribution in [3.8, 4) is 0 Å². The van der Waals surface area contributed by atoms with Crippen LogP contribution in [0.25, 0.3) is 0 Å².